The number of imidazole rings is 1. The van der Waals surface area contributed by atoms with Gasteiger partial charge in [-0.2, -0.15) is 0 Å². The summed E-state index contributed by atoms with van der Waals surface area (Å²) in [7, 11) is 0. The summed E-state index contributed by atoms with van der Waals surface area (Å²) in [6.45, 7) is 0. The number of fused-ring (bicyclic) bond motifs is 1. The lowest BCUT2D eigenvalue weighted by Crippen LogP contribution is -1.88. The van der Waals surface area contributed by atoms with Crippen LogP contribution < -0.4 is 0 Å². The first-order chi connectivity index (χ1) is 8.24. The topological polar surface area (TPSA) is 37.5 Å². The summed E-state index contributed by atoms with van der Waals surface area (Å²) >= 11 is 5.85. The lowest BCUT2D eigenvalue weighted by molar-refractivity contribution is 0.472. The minimum atomic E-state index is 0.214. The lowest BCUT2D eigenvalue weighted by atomic mass is 10.2. The normalized spacial score (nSPS) is 10.9. The van der Waals surface area contributed by atoms with Crippen LogP contribution in [0, 0.1) is 0 Å². The van der Waals surface area contributed by atoms with E-state index in [-0.39, 0.29) is 5.75 Å². The molecular formula is C13H9ClN2O. The molecule has 0 bridgehead atoms. The zero-order chi connectivity index (χ0) is 11.8. The molecule has 0 aliphatic rings. The van der Waals surface area contributed by atoms with Crippen LogP contribution in [0.4, 0.5) is 0 Å². The van der Waals surface area contributed by atoms with Crippen molar-refractivity contribution in [2.75, 3.05) is 0 Å². The van der Waals surface area contributed by atoms with Crippen molar-refractivity contribution in [1.29, 1.82) is 0 Å². The Hall–Kier alpha value is -2.00. The average Bonchev–Trinajstić information content (AvgIpc) is 2.73. The molecule has 0 radical (unpaired) electrons. The standard InChI is InChI=1S/C13H9ClN2O/c14-10-3-1-9(2-4-10)13-15-7-11-5-6-12(17)8-16(11)13/h1-8,17H. The summed E-state index contributed by atoms with van der Waals surface area (Å²) in [4.78, 5) is 4.35. The van der Waals surface area contributed by atoms with E-state index in [0.29, 0.717) is 5.02 Å². The van der Waals surface area contributed by atoms with Crippen LogP contribution in [0.15, 0.2) is 48.8 Å². The molecule has 0 amide bonds. The van der Waals surface area contributed by atoms with Crippen LogP contribution in [-0.2, 0) is 0 Å². The summed E-state index contributed by atoms with van der Waals surface area (Å²) in [6, 6.07) is 10.9. The maximum absolute atomic E-state index is 9.49. The molecule has 2 heterocycles. The molecule has 0 spiro atoms. The number of aromatic hydroxyl groups is 1. The molecule has 17 heavy (non-hydrogen) atoms. The number of rotatable bonds is 1. The second kappa shape index (κ2) is 3.79. The van der Waals surface area contributed by atoms with Crippen molar-refractivity contribution in [3.8, 4) is 17.1 Å². The van der Waals surface area contributed by atoms with Crippen molar-refractivity contribution in [3.63, 3.8) is 0 Å². The Labute approximate surface area is 103 Å². The molecule has 3 aromatic rings. The molecule has 84 valence electrons. The van der Waals surface area contributed by atoms with Crippen molar-refractivity contribution in [3.05, 3.63) is 53.8 Å². The Morgan fingerprint density at radius 1 is 1.06 bits per heavy atom. The smallest absolute Gasteiger partial charge is 0.144 e. The monoisotopic (exact) mass is 244 g/mol. The van der Waals surface area contributed by atoms with E-state index >= 15 is 0 Å². The molecule has 0 saturated heterocycles. The quantitative estimate of drug-likeness (QED) is 0.713. The highest BCUT2D eigenvalue weighted by Crippen LogP contribution is 2.23. The van der Waals surface area contributed by atoms with Gasteiger partial charge >= 0.3 is 0 Å². The Morgan fingerprint density at radius 3 is 2.59 bits per heavy atom. The van der Waals surface area contributed by atoms with Crippen LogP contribution in [0.1, 0.15) is 0 Å². The Morgan fingerprint density at radius 2 is 1.82 bits per heavy atom. The molecular weight excluding hydrogens is 236 g/mol. The highest BCUT2D eigenvalue weighted by Gasteiger charge is 2.06. The van der Waals surface area contributed by atoms with Gasteiger partial charge in [0.15, 0.2) is 0 Å². The fourth-order valence-corrected chi connectivity index (χ4v) is 1.92. The third-order valence-corrected chi connectivity index (χ3v) is 2.87. The molecule has 0 saturated carbocycles. The molecule has 0 aliphatic heterocycles. The maximum atomic E-state index is 9.49. The predicted molar refractivity (Wildman–Crippen MR) is 67.3 cm³/mol. The maximum Gasteiger partial charge on any atom is 0.144 e. The molecule has 2 aromatic heterocycles. The number of halogens is 1. The van der Waals surface area contributed by atoms with Gasteiger partial charge in [0, 0.05) is 10.6 Å². The first-order valence-electron chi connectivity index (χ1n) is 5.16. The van der Waals surface area contributed by atoms with Crippen LogP contribution in [0.2, 0.25) is 5.02 Å². The zero-order valence-corrected chi connectivity index (χ0v) is 9.59. The van der Waals surface area contributed by atoms with E-state index in [9.17, 15) is 5.11 Å². The first kappa shape index (κ1) is 10.2. The van der Waals surface area contributed by atoms with Gasteiger partial charge in [-0.3, -0.25) is 4.40 Å². The second-order valence-electron chi connectivity index (χ2n) is 3.77. The predicted octanol–water partition coefficient (Wildman–Crippen LogP) is 3.36. The molecule has 1 N–H and O–H groups in total. The fraction of sp³-hybridized carbons (Fsp3) is 0. The summed E-state index contributed by atoms with van der Waals surface area (Å²) in [5.74, 6) is 0.998. The van der Waals surface area contributed by atoms with E-state index in [0.717, 1.165) is 16.9 Å². The van der Waals surface area contributed by atoms with Gasteiger partial charge < -0.3 is 5.11 Å². The summed E-state index contributed by atoms with van der Waals surface area (Å²) in [5, 5.41) is 10.2. The fourth-order valence-electron chi connectivity index (χ4n) is 1.79. The summed E-state index contributed by atoms with van der Waals surface area (Å²) in [6.07, 6.45) is 3.41. The number of benzene rings is 1. The minimum absolute atomic E-state index is 0.214. The number of hydrogen-bond acceptors (Lipinski definition) is 2. The molecule has 3 rings (SSSR count). The van der Waals surface area contributed by atoms with E-state index in [1.54, 1.807) is 18.5 Å². The highest BCUT2D eigenvalue weighted by molar-refractivity contribution is 6.30. The van der Waals surface area contributed by atoms with E-state index in [1.807, 2.05) is 34.7 Å². The number of hydrogen-bond donors (Lipinski definition) is 1. The van der Waals surface area contributed by atoms with Crippen LogP contribution in [0.5, 0.6) is 5.75 Å². The highest BCUT2D eigenvalue weighted by atomic mass is 35.5. The summed E-state index contributed by atoms with van der Waals surface area (Å²) < 4.78 is 1.85. The zero-order valence-electron chi connectivity index (χ0n) is 8.84. The SMILES string of the molecule is Oc1ccc2cnc(-c3ccc(Cl)cc3)n2c1. The van der Waals surface area contributed by atoms with Crippen molar-refractivity contribution < 1.29 is 5.11 Å². The van der Waals surface area contributed by atoms with Gasteiger partial charge in [-0.05, 0) is 36.4 Å². The van der Waals surface area contributed by atoms with Crippen LogP contribution in [0.25, 0.3) is 16.9 Å². The largest absolute Gasteiger partial charge is 0.506 e. The molecule has 3 nitrogen and oxygen atoms in total. The number of pyridine rings is 1. The Balaban J connectivity index is 2.23. The van der Waals surface area contributed by atoms with Gasteiger partial charge in [-0.1, -0.05) is 11.6 Å². The van der Waals surface area contributed by atoms with Gasteiger partial charge in [-0.15, -0.1) is 0 Å². The Kier molecular flexibility index (Phi) is 2.27. The molecule has 0 fully saturated rings. The van der Waals surface area contributed by atoms with Crippen molar-refractivity contribution in [2.45, 2.75) is 0 Å². The Bertz CT molecular complexity index is 673. The molecule has 0 atom stereocenters. The van der Waals surface area contributed by atoms with Crippen molar-refractivity contribution in [2.24, 2.45) is 0 Å². The number of aromatic nitrogens is 2. The van der Waals surface area contributed by atoms with Crippen LogP contribution >= 0.6 is 11.6 Å². The van der Waals surface area contributed by atoms with Gasteiger partial charge in [0.1, 0.15) is 11.6 Å². The minimum Gasteiger partial charge on any atom is -0.506 e. The van der Waals surface area contributed by atoms with Crippen molar-refractivity contribution >= 4 is 17.1 Å². The second-order valence-corrected chi connectivity index (χ2v) is 4.21. The first-order valence-corrected chi connectivity index (χ1v) is 5.54. The van der Waals surface area contributed by atoms with Crippen LogP contribution in [-0.4, -0.2) is 14.5 Å². The van der Waals surface area contributed by atoms with Crippen LogP contribution in [0.3, 0.4) is 0 Å². The average molecular weight is 245 g/mol. The molecule has 0 aliphatic carbocycles. The van der Waals surface area contributed by atoms with Gasteiger partial charge in [0.2, 0.25) is 0 Å². The molecule has 0 unspecified atom stereocenters. The van der Waals surface area contributed by atoms with Crippen molar-refractivity contribution in [1.82, 2.24) is 9.38 Å². The van der Waals surface area contributed by atoms with Gasteiger partial charge in [0.25, 0.3) is 0 Å². The third-order valence-electron chi connectivity index (χ3n) is 2.61. The molecule has 4 heteroatoms. The van der Waals surface area contributed by atoms with E-state index in [2.05, 4.69) is 4.98 Å². The van der Waals surface area contributed by atoms with E-state index < -0.39 is 0 Å². The molecule has 1 aromatic carbocycles. The van der Waals surface area contributed by atoms with E-state index in [1.165, 1.54) is 0 Å². The summed E-state index contributed by atoms with van der Waals surface area (Å²) in [5.41, 5.74) is 1.90. The number of nitrogens with zero attached hydrogens (tertiary/aromatic N) is 2. The van der Waals surface area contributed by atoms with E-state index in [4.69, 9.17) is 11.6 Å². The lowest BCUT2D eigenvalue weighted by Gasteiger charge is -2.02. The van der Waals surface area contributed by atoms with Gasteiger partial charge in [0.05, 0.1) is 17.9 Å². The third kappa shape index (κ3) is 1.74. The van der Waals surface area contributed by atoms with Gasteiger partial charge in [-0.25, -0.2) is 4.98 Å².